The number of alkyl halides is 1. The van der Waals surface area contributed by atoms with Crippen molar-refractivity contribution in [1.82, 2.24) is 4.98 Å². The molecule has 12 heteroatoms. The third kappa shape index (κ3) is 11.1. The van der Waals surface area contributed by atoms with Crippen LogP contribution in [0.15, 0.2) is 0 Å². The maximum atomic E-state index is 10.9. The standard InChI is InChI=1S/C6H6BNO2S.C4H4BClO3.C2H5NS/c1-3-8-4(5(7)11-3)6(9)10-2;1-9-4(8)2(7)3(5)6;1-2(3)4/h1-2H3;3H,1H3;1H3,(H2,3,4). The van der Waals surface area contributed by atoms with Gasteiger partial charge in [-0.15, -0.1) is 22.9 Å². The first-order valence-corrected chi connectivity index (χ1v) is 7.73. The summed E-state index contributed by atoms with van der Waals surface area (Å²) >= 11 is 10.6. The Balaban J connectivity index is 0. The minimum Gasteiger partial charge on any atom is -0.464 e. The molecule has 0 bridgehead atoms. The van der Waals surface area contributed by atoms with E-state index in [1.807, 2.05) is 0 Å². The number of Topliss-reactive ketones (excluding diaryl/α,β-unsaturated/α-hetero) is 1. The predicted octanol–water partition coefficient (Wildman–Crippen LogP) is -0.214. The number of ketones is 1. The van der Waals surface area contributed by atoms with Crippen LogP contribution in [0.25, 0.3) is 0 Å². The molecule has 0 aliphatic heterocycles. The summed E-state index contributed by atoms with van der Waals surface area (Å²) in [5.41, 5.74) is 5.06. The summed E-state index contributed by atoms with van der Waals surface area (Å²) in [5.74, 6) is -2.43. The Morgan fingerprint density at radius 3 is 2.00 bits per heavy atom. The van der Waals surface area contributed by atoms with Crippen molar-refractivity contribution in [2.24, 2.45) is 5.73 Å². The number of carbonyl (C=O) groups excluding carboxylic acids is 3. The molecule has 128 valence electrons. The normalized spacial score (nSPS) is 10.0. The van der Waals surface area contributed by atoms with E-state index in [0.29, 0.717) is 9.77 Å². The van der Waals surface area contributed by atoms with Gasteiger partial charge in [0.2, 0.25) is 5.78 Å². The highest BCUT2D eigenvalue weighted by Crippen LogP contribution is 2.04. The quantitative estimate of drug-likeness (QED) is 0.249. The number of halogens is 1. The van der Waals surface area contributed by atoms with Crippen LogP contribution in [-0.4, -0.2) is 62.9 Å². The molecule has 24 heavy (non-hydrogen) atoms. The second-order valence-electron chi connectivity index (χ2n) is 3.81. The Kier molecular flexibility index (Phi) is 13.3. The lowest BCUT2D eigenvalue weighted by Crippen LogP contribution is -2.25. The number of esters is 2. The molecular formula is C12H15B2ClN2O5S2. The summed E-state index contributed by atoms with van der Waals surface area (Å²) in [6.45, 7) is 3.46. The average molecular weight is 388 g/mol. The van der Waals surface area contributed by atoms with Crippen LogP contribution in [0.1, 0.15) is 22.4 Å². The molecule has 0 saturated carbocycles. The van der Waals surface area contributed by atoms with Gasteiger partial charge in [0.25, 0.3) is 0 Å². The van der Waals surface area contributed by atoms with Gasteiger partial charge < -0.3 is 15.2 Å². The first-order valence-electron chi connectivity index (χ1n) is 6.06. The largest absolute Gasteiger partial charge is 0.464 e. The van der Waals surface area contributed by atoms with E-state index < -0.39 is 23.0 Å². The molecule has 0 amide bonds. The van der Waals surface area contributed by atoms with Gasteiger partial charge in [0.1, 0.15) is 15.7 Å². The van der Waals surface area contributed by atoms with Crippen molar-refractivity contribution in [1.29, 1.82) is 0 Å². The van der Waals surface area contributed by atoms with Gasteiger partial charge in [-0.05, 0) is 18.6 Å². The maximum Gasteiger partial charge on any atom is 0.375 e. The van der Waals surface area contributed by atoms with Gasteiger partial charge in [-0.25, -0.2) is 14.6 Å². The Morgan fingerprint density at radius 1 is 1.33 bits per heavy atom. The zero-order valence-corrected chi connectivity index (χ0v) is 15.9. The Labute approximate surface area is 157 Å². The lowest BCUT2D eigenvalue weighted by molar-refractivity contribution is -0.150. The van der Waals surface area contributed by atoms with E-state index >= 15 is 0 Å². The summed E-state index contributed by atoms with van der Waals surface area (Å²) in [4.78, 5) is 35.8. The van der Waals surface area contributed by atoms with E-state index in [1.165, 1.54) is 18.4 Å². The molecule has 1 heterocycles. The van der Waals surface area contributed by atoms with E-state index in [1.54, 1.807) is 13.8 Å². The third-order valence-corrected chi connectivity index (χ3v) is 2.77. The topological polar surface area (TPSA) is 109 Å². The fraction of sp³-hybridized carbons (Fsp3) is 0.417. The molecule has 4 radical (unpaired) electrons. The molecule has 0 saturated heterocycles. The molecule has 1 unspecified atom stereocenters. The van der Waals surface area contributed by atoms with Gasteiger partial charge in [-0.2, -0.15) is 0 Å². The minimum absolute atomic E-state index is 0.218. The molecular weight excluding hydrogens is 373 g/mol. The van der Waals surface area contributed by atoms with E-state index in [4.69, 9.17) is 33.0 Å². The fourth-order valence-electron chi connectivity index (χ4n) is 0.899. The van der Waals surface area contributed by atoms with Crippen LogP contribution < -0.4 is 10.5 Å². The molecule has 0 spiro atoms. The van der Waals surface area contributed by atoms with Crippen molar-refractivity contribution in [2.75, 3.05) is 14.2 Å². The van der Waals surface area contributed by atoms with Crippen molar-refractivity contribution >= 4 is 78.3 Å². The SMILES string of the molecule is CC(N)=S.[B]C(Cl)C(=O)C(=O)OC.[B]c1sc(C)nc1C(=O)OC. The smallest absolute Gasteiger partial charge is 0.375 e. The van der Waals surface area contributed by atoms with Gasteiger partial charge in [-0.3, -0.25) is 4.79 Å². The zero-order valence-electron chi connectivity index (χ0n) is 13.5. The van der Waals surface area contributed by atoms with Gasteiger partial charge in [-0.1, -0.05) is 12.2 Å². The number of rotatable bonds is 3. The number of methoxy groups -OCH3 is 2. The molecule has 1 aromatic rings. The number of nitrogens with two attached hydrogens (primary N) is 1. The van der Waals surface area contributed by atoms with Gasteiger partial charge >= 0.3 is 11.9 Å². The zero-order chi connectivity index (χ0) is 19.4. The first-order chi connectivity index (χ1) is 11.0. The Bertz CT molecular complexity index is 592. The number of thiazole rings is 1. The summed E-state index contributed by atoms with van der Waals surface area (Å²) < 4.78 is 8.89. The minimum atomic E-state index is -1.29. The molecule has 0 fully saturated rings. The number of ether oxygens (including phenoxy) is 2. The molecule has 2 N–H and O–H groups in total. The van der Waals surface area contributed by atoms with Gasteiger partial charge in [0.15, 0.2) is 5.69 Å². The van der Waals surface area contributed by atoms with Crippen LogP contribution in [0.3, 0.4) is 0 Å². The second kappa shape index (κ2) is 12.9. The van der Waals surface area contributed by atoms with Crippen LogP contribution in [0.5, 0.6) is 0 Å². The average Bonchev–Trinajstić information content (AvgIpc) is 2.83. The lowest BCUT2D eigenvalue weighted by Gasteiger charge is -1.97. The molecule has 0 aliphatic rings. The number of nitrogens with zero attached hydrogens (tertiary/aromatic N) is 1. The number of aryl methyl sites for hydroxylation is 1. The van der Waals surface area contributed by atoms with E-state index in [2.05, 4.69) is 26.7 Å². The molecule has 1 atom stereocenters. The highest BCUT2D eigenvalue weighted by atomic mass is 35.5. The summed E-state index contributed by atoms with van der Waals surface area (Å²) in [5, 5.41) is -0.527. The monoisotopic (exact) mass is 388 g/mol. The van der Waals surface area contributed by atoms with Crippen molar-refractivity contribution < 1.29 is 23.9 Å². The number of hydrogen-bond donors (Lipinski definition) is 1. The molecule has 0 aromatic carbocycles. The van der Waals surface area contributed by atoms with Crippen molar-refractivity contribution in [3.05, 3.63) is 10.7 Å². The highest BCUT2D eigenvalue weighted by Gasteiger charge is 2.18. The third-order valence-electron chi connectivity index (χ3n) is 1.78. The van der Waals surface area contributed by atoms with Crippen LogP contribution in [0.4, 0.5) is 0 Å². The number of hydrogen-bond acceptors (Lipinski definition) is 8. The van der Waals surface area contributed by atoms with Crippen molar-refractivity contribution in [2.45, 2.75) is 19.1 Å². The second-order valence-corrected chi connectivity index (χ2v) is 6.15. The van der Waals surface area contributed by atoms with Gasteiger partial charge in [0, 0.05) is 0 Å². The molecule has 1 aromatic heterocycles. The summed E-state index contributed by atoms with van der Waals surface area (Å²) in [6.07, 6.45) is 0. The number of aromatic nitrogens is 1. The van der Waals surface area contributed by atoms with Gasteiger partial charge in [0.05, 0.1) is 29.5 Å². The molecule has 0 aliphatic carbocycles. The lowest BCUT2D eigenvalue weighted by atomic mass is 10.0. The Morgan fingerprint density at radius 2 is 1.79 bits per heavy atom. The predicted molar refractivity (Wildman–Crippen MR) is 98.5 cm³/mol. The molecule has 7 nitrogen and oxygen atoms in total. The summed E-state index contributed by atoms with van der Waals surface area (Å²) in [6, 6.07) is 0. The van der Waals surface area contributed by atoms with Crippen LogP contribution in [0.2, 0.25) is 0 Å². The summed E-state index contributed by atoms with van der Waals surface area (Å²) in [7, 11) is 12.7. The fourth-order valence-corrected chi connectivity index (χ4v) is 1.67. The van der Waals surface area contributed by atoms with Crippen molar-refractivity contribution in [3.63, 3.8) is 0 Å². The molecule has 1 rings (SSSR count). The van der Waals surface area contributed by atoms with E-state index in [-0.39, 0.29) is 5.69 Å². The number of thiocarbonyl (C=S) groups is 1. The van der Waals surface area contributed by atoms with Crippen LogP contribution in [0, 0.1) is 6.92 Å². The first kappa shape index (κ1) is 24.8. The van der Waals surface area contributed by atoms with E-state index in [9.17, 15) is 14.4 Å². The number of carbonyl (C=O) groups is 3. The van der Waals surface area contributed by atoms with Crippen LogP contribution >= 0.6 is 35.2 Å². The maximum absolute atomic E-state index is 10.9. The Hall–Kier alpha value is -1.45. The van der Waals surface area contributed by atoms with Crippen molar-refractivity contribution in [3.8, 4) is 0 Å². The van der Waals surface area contributed by atoms with Crippen LogP contribution in [-0.2, 0) is 19.1 Å². The highest BCUT2D eigenvalue weighted by molar-refractivity contribution is 7.80. The van der Waals surface area contributed by atoms with E-state index in [0.717, 1.165) is 12.1 Å².